The van der Waals surface area contributed by atoms with E-state index in [9.17, 15) is 22.6 Å². The molecule has 0 fully saturated rings. The zero-order valence-electron chi connectivity index (χ0n) is 9.73. The van der Waals surface area contributed by atoms with Crippen molar-refractivity contribution in [1.82, 2.24) is 0 Å². The van der Waals surface area contributed by atoms with Crippen molar-refractivity contribution < 1.29 is 32.8 Å². The van der Waals surface area contributed by atoms with Gasteiger partial charge in [-0.1, -0.05) is 6.07 Å². The summed E-state index contributed by atoms with van der Waals surface area (Å²) >= 11 is 0. The molecule has 0 radical (unpaired) electrons. The Morgan fingerprint density at radius 2 is 1.55 bits per heavy atom. The number of benzene rings is 2. The van der Waals surface area contributed by atoms with Crippen LogP contribution in [0.4, 0.5) is 0 Å². The Kier molecular flexibility index (Phi) is 3.20. The minimum atomic E-state index is -4.93. The van der Waals surface area contributed by atoms with Gasteiger partial charge in [-0.05, 0) is 29.7 Å². The number of carboxylic acid groups (broad SMARTS) is 2. The second-order valence-electron chi connectivity index (χ2n) is 3.97. The maximum Gasteiger partial charge on any atom is 0.335 e. The monoisotopic (exact) mass is 295 g/mol. The van der Waals surface area contributed by atoms with Gasteiger partial charge in [0.1, 0.15) is 10.1 Å². The van der Waals surface area contributed by atoms with E-state index in [-0.39, 0.29) is 21.9 Å². The van der Waals surface area contributed by atoms with Gasteiger partial charge in [-0.15, -0.1) is 0 Å². The van der Waals surface area contributed by atoms with Gasteiger partial charge in [0.05, 0.1) is 16.0 Å². The van der Waals surface area contributed by atoms with E-state index in [0.717, 1.165) is 18.2 Å². The van der Waals surface area contributed by atoms with Crippen molar-refractivity contribution in [3.05, 3.63) is 41.5 Å². The quantitative estimate of drug-likeness (QED) is 0.811. The Morgan fingerprint density at radius 1 is 0.950 bits per heavy atom. The minimum Gasteiger partial charge on any atom is -0.744 e. The van der Waals surface area contributed by atoms with Crippen molar-refractivity contribution in [3.63, 3.8) is 0 Å². The number of aromatic carboxylic acids is 2. The van der Waals surface area contributed by atoms with Crippen LogP contribution in [0.1, 0.15) is 20.7 Å². The maximum atomic E-state index is 11.2. The van der Waals surface area contributed by atoms with Crippen molar-refractivity contribution in [2.45, 2.75) is 4.90 Å². The molecule has 0 atom stereocenters. The zero-order chi connectivity index (χ0) is 15.1. The molecule has 7 nitrogen and oxygen atoms in total. The van der Waals surface area contributed by atoms with Crippen LogP contribution in [0.15, 0.2) is 35.2 Å². The highest BCUT2D eigenvalue weighted by atomic mass is 32.2. The van der Waals surface area contributed by atoms with E-state index >= 15 is 0 Å². The summed E-state index contributed by atoms with van der Waals surface area (Å²) in [6, 6.07) is 5.35. The average Bonchev–Trinajstić information content (AvgIpc) is 2.35. The maximum absolute atomic E-state index is 11.2. The molecule has 104 valence electrons. The number of hydrogen-bond donors (Lipinski definition) is 2. The second kappa shape index (κ2) is 4.58. The largest absolute Gasteiger partial charge is 0.744 e. The second-order valence-corrected chi connectivity index (χ2v) is 5.32. The molecular weight excluding hydrogens is 288 g/mol. The number of carboxylic acids is 2. The summed E-state index contributed by atoms with van der Waals surface area (Å²) in [5.74, 6) is -2.68. The van der Waals surface area contributed by atoms with Crippen LogP contribution in [-0.2, 0) is 10.1 Å². The third-order valence-electron chi connectivity index (χ3n) is 2.68. The SMILES string of the molecule is O=C(O)c1cc(S(=O)(=O)[O-])c2cc(C(=O)O)ccc2c1. The fraction of sp³-hybridized carbons (Fsp3) is 0. The zero-order valence-corrected chi connectivity index (χ0v) is 10.5. The van der Waals surface area contributed by atoms with E-state index in [4.69, 9.17) is 10.2 Å². The average molecular weight is 295 g/mol. The molecule has 0 saturated heterocycles. The molecule has 0 amide bonds. The number of rotatable bonds is 3. The van der Waals surface area contributed by atoms with E-state index < -0.39 is 27.0 Å². The third-order valence-corrected chi connectivity index (χ3v) is 3.56. The van der Waals surface area contributed by atoms with Crippen LogP contribution in [0.2, 0.25) is 0 Å². The summed E-state index contributed by atoms with van der Waals surface area (Å²) in [5, 5.41) is 17.8. The lowest BCUT2D eigenvalue weighted by Crippen LogP contribution is -2.05. The lowest BCUT2D eigenvalue weighted by Gasteiger charge is -2.12. The Bertz CT molecular complexity index is 836. The van der Waals surface area contributed by atoms with Crippen molar-refractivity contribution in [2.75, 3.05) is 0 Å². The molecule has 20 heavy (non-hydrogen) atoms. The van der Waals surface area contributed by atoms with Crippen LogP contribution < -0.4 is 0 Å². The van der Waals surface area contributed by atoms with Crippen LogP contribution in [0.3, 0.4) is 0 Å². The van der Waals surface area contributed by atoms with Crippen LogP contribution >= 0.6 is 0 Å². The van der Waals surface area contributed by atoms with Gasteiger partial charge in [0.15, 0.2) is 0 Å². The predicted octanol–water partition coefficient (Wildman–Crippen LogP) is 1.14. The molecular formula is C12H7O7S-. The van der Waals surface area contributed by atoms with Gasteiger partial charge in [0.25, 0.3) is 0 Å². The van der Waals surface area contributed by atoms with E-state index in [2.05, 4.69) is 0 Å². The minimum absolute atomic E-state index is 0.120. The van der Waals surface area contributed by atoms with E-state index in [1.54, 1.807) is 0 Å². The molecule has 0 spiro atoms. The molecule has 0 unspecified atom stereocenters. The van der Waals surface area contributed by atoms with Gasteiger partial charge < -0.3 is 14.8 Å². The molecule has 2 N–H and O–H groups in total. The fourth-order valence-corrected chi connectivity index (χ4v) is 2.50. The highest BCUT2D eigenvalue weighted by Gasteiger charge is 2.15. The number of fused-ring (bicyclic) bond motifs is 1. The molecule has 0 heterocycles. The lowest BCUT2D eigenvalue weighted by molar-refractivity contribution is 0.0685. The van der Waals surface area contributed by atoms with Gasteiger partial charge >= 0.3 is 11.9 Å². The van der Waals surface area contributed by atoms with Gasteiger partial charge in [0, 0.05) is 5.39 Å². The van der Waals surface area contributed by atoms with Crippen molar-refractivity contribution in [3.8, 4) is 0 Å². The number of carbonyl (C=O) groups is 2. The van der Waals surface area contributed by atoms with Gasteiger partial charge in [-0.25, -0.2) is 18.0 Å². The van der Waals surface area contributed by atoms with E-state index in [1.807, 2.05) is 0 Å². The normalized spacial score (nSPS) is 11.4. The van der Waals surface area contributed by atoms with Crippen molar-refractivity contribution in [2.24, 2.45) is 0 Å². The molecule has 2 aromatic carbocycles. The summed E-state index contributed by atoms with van der Waals surface area (Å²) in [5.41, 5.74) is -0.569. The first kappa shape index (κ1) is 14.0. The number of hydrogen-bond acceptors (Lipinski definition) is 5. The molecule has 0 aliphatic rings. The molecule has 2 aromatic rings. The van der Waals surface area contributed by atoms with E-state index in [1.165, 1.54) is 12.1 Å². The fourth-order valence-electron chi connectivity index (χ4n) is 1.79. The Labute approximate surface area is 112 Å². The van der Waals surface area contributed by atoms with Gasteiger partial charge in [0.2, 0.25) is 0 Å². The summed E-state index contributed by atoms with van der Waals surface area (Å²) in [6.07, 6.45) is 0. The van der Waals surface area contributed by atoms with Crippen LogP contribution in [-0.4, -0.2) is 35.1 Å². The Morgan fingerprint density at radius 3 is 2.05 bits per heavy atom. The van der Waals surface area contributed by atoms with Gasteiger partial charge in [-0.3, -0.25) is 0 Å². The topological polar surface area (TPSA) is 132 Å². The van der Waals surface area contributed by atoms with Crippen molar-refractivity contribution in [1.29, 1.82) is 0 Å². The summed E-state index contributed by atoms with van der Waals surface area (Å²) in [6.45, 7) is 0. The third kappa shape index (κ3) is 2.46. The first-order chi connectivity index (χ1) is 9.20. The smallest absolute Gasteiger partial charge is 0.335 e. The summed E-state index contributed by atoms with van der Waals surface area (Å²) in [4.78, 5) is 21.0. The van der Waals surface area contributed by atoms with E-state index in [0.29, 0.717) is 0 Å². The Hall–Kier alpha value is -2.45. The van der Waals surface area contributed by atoms with Crippen LogP contribution in [0.5, 0.6) is 0 Å². The summed E-state index contributed by atoms with van der Waals surface area (Å²) in [7, 11) is -4.93. The van der Waals surface area contributed by atoms with Crippen LogP contribution in [0.25, 0.3) is 10.8 Å². The lowest BCUT2D eigenvalue weighted by atomic mass is 10.0. The standard InChI is InChI=1S/C12H8O7S/c13-11(14)7-2-1-6-3-8(12(15)16)5-10(9(6)4-7)20(17,18)19/h1-5H,(H,13,14)(H,15,16)(H,17,18,19)/p-1. The molecule has 0 aliphatic heterocycles. The first-order valence-corrected chi connectivity index (χ1v) is 6.61. The van der Waals surface area contributed by atoms with Crippen molar-refractivity contribution >= 4 is 32.8 Å². The molecule has 2 rings (SSSR count). The molecule has 0 saturated carbocycles. The molecule has 0 aromatic heterocycles. The van der Waals surface area contributed by atoms with Crippen LogP contribution in [0, 0.1) is 0 Å². The molecule has 0 bridgehead atoms. The van der Waals surface area contributed by atoms with Gasteiger partial charge in [-0.2, -0.15) is 0 Å². The highest BCUT2D eigenvalue weighted by Crippen LogP contribution is 2.26. The highest BCUT2D eigenvalue weighted by molar-refractivity contribution is 7.86. The predicted molar refractivity (Wildman–Crippen MR) is 65.8 cm³/mol. The molecule has 0 aliphatic carbocycles. The molecule has 8 heteroatoms. The first-order valence-electron chi connectivity index (χ1n) is 5.20. The summed E-state index contributed by atoms with van der Waals surface area (Å²) < 4.78 is 33.6. The Balaban J connectivity index is 2.93.